The molecule has 1 aliphatic heterocycles. The van der Waals surface area contributed by atoms with Crippen molar-refractivity contribution in [1.29, 1.82) is 0 Å². The van der Waals surface area contributed by atoms with Crippen molar-refractivity contribution in [3.8, 4) is 0 Å². The highest BCUT2D eigenvalue weighted by Gasteiger charge is 2.27. The summed E-state index contributed by atoms with van der Waals surface area (Å²) in [6, 6.07) is 12.8. The van der Waals surface area contributed by atoms with Gasteiger partial charge in [0.1, 0.15) is 0 Å². The van der Waals surface area contributed by atoms with Crippen molar-refractivity contribution < 1.29 is 9.59 Å². The molecule has 0 radical (unpaired) electrons. The second-order valence-corrected chi connectivity index (χ2v) is 5.97. The number of aryl methyl sites for hydroxylation is 1. The van der Waals surface area contributed by atoms with Crippen LogP contribution in [0.1, 0.15) is 32.7 Å². The number of fused-ring (bicyclic) bond motifs is 1. The lowest BCUT2D eigenvalue weighted by atomic mass is 9.99. The fourth-order valence-corrected chi connectivity index (χ4v) is 2.80. The van der Waals surface area contributed by atoms with E-state index in [-0.39, 0.29) is 11.7 Å². The van der Waals surface area contributed by atoms with Crippen LogP contribution in [0.5, 0.6) is 0 Å². The fourth-order valence-electron chi connectivity index (χ4n) is 2.56. The molecule has 0 unspecified atom stereocenters. The summed E-state index contributed by atoms with van der Waals surface area (Å²) in [6.45, 7) is 2.39. The first kappa shape index (κ1) is 14.0. The van der Waals surface area contributed by atoms with Crippen molar-refractivity contribution in [2.75, 3.05) is 11.4 Å². The van der Waals surface area contributed by atoms with Crippen LogP contribution in [0, 0.1) is 6.92 Å². The summed E-state index contributed by atoms with van der Waals surface area (Å²) >= 11 is 3.44. The third-order valence-corrected chi connectivity index (χ3v) is 4.60. The van der Waals surface area contributed by atoms with Gasteiger partial charge in [0.25, 0.3) is 5.91 Å². The first-order chi connectivity index (χ1) is 10.1. The number of hydrogen-bond acceptors (Lipinski definition) is 2. The van der Waals surface area contributed by atoms with E-state index in [1.807, 2.05) is 37.3 Å². The summed E-state index contributed by atoms with van der Waals surface area (Å²) in [5, 5.41) is 0. The van der Waals surface area contributed by atoms with Crippen LogP contribution < -0.4 is 4.90 Å². The van der Waals surface area contributed by atoms with E-state index in [2.05, 4.69) is 15.9 Å². The average molecular weight is 344 g/mol. The second-order valence-electron chi connectivity index (χ2n) is 5.11. The number of amides is 1. The van der Waals surface area contributed by atoms with Gasteiger partial charge in [0.2, 0.25) is 0 Å². The maximum atomic E-state index is 12.7. The highest BCUT2D eigenvalue weighted by atomic mass is 79.9. The zero-order chi connectivity index (χ0) is 15.0. The third kappa shape index (κ3) is 2.51. The molecule has 3 nitrogen and oxygen atoms in total. The molecule has 0 aliphatic carbocycles. The number of benzene rings is 2. The number of carbonyl (C=O) groups excluding carboxylic acids is 2. The van der Waals surface area contributed by atoms with E-state index >= 15 is 0 Å². The predicted octanol–water partition coefficient (Wildman–Crippen LogP) is 3.99. The van der Waals surface area contributed by atoms with Crippen molar-refractivity contribution in [2.24, 2.45) is 0 Å². The maximum absolute atomic E-state index is 12.7. The quantitative estimate of drug-likeness (QED) is 0.784. The number of ketones is 1. The molecule has 1 heterocycles. The Morgan fingerprint density at radius 1 is 1.19 bits per heavy atom. The Bertz CT molecular complexity index is 739. The van der Waals surface area contributed by atoms with Crippen molar-refractivity contribution in [1.82, 2.24) is 0 Å². The van der Waals surface area contributed by atoms with Crippen LogP contribution in [0.2, 0.25) is 0 Å². The van der Waals surface area contributed by atoms with Crippen LogP contribution >= 0.6 is 15.9 Å². The largest absolute Gasteiger partial charge is 0.307 e. The Hall–Kier alpha value is -1.94. The maximum Gasteiger partial charge on any atom is 0.258 e. The Morgan fingerprint density at radius 3 is 2.71 bits per heavy atom. The predicted molar refractivity (Wildman–Crippen MR) is 85.9 cm³/mol. The molecule has 2 aromatic rings. The standard InChI is InChI=1S/C17H14BrNO2/c1-11-10-12(6-7-14(11)18)17(21)19-9-8-16(20)13-4-2-3-5-15(13)19/h2-7,10H,8-9H2,1H3. The van der Waals surface area contributed by atoms with Gasteiger partial charge in [0.05, 0.1) is 5.69 Å². The minimum absolute atomic E-state index is 0.0643. The minimum atomic E-state index is -0.0643. The Labute approximate surface area is 131 Å². The third-order valence-electron chi connectivity index (χ3n) is 3.71. The molecular formula is C17H14BrNO2. The average Bonchev–Trinajstić information content (AvgIpc) is 2.50. The molecule has 21 heavy (non-hydrogen) atoms. The van der Waals surface area contributed by atoms with E-state index < -0.39 is 0 Å². The van der Waals surface area contributed by atoms with Crippen molar-refractivity contribution in [3.05, 3.63) is 63.6 Å². The van der Waals surface area contributed by atoms with Crippen LogP contribution in [0.4, 0.5) is 5.69 Å². The molecule has 2 aromatic carbocycles. The van der Waals surface area contributed by atoms with Gasteiger partial charge in [0.15, 0.2) is 5.78 Å². The molecule has 0 N–H and O–H groups in total. The Balaban J connectivity index is 2.01. The molecule has 3 rings (SSSR count). The van der Waals surface area contributed by atoms with Gasteiger partial charge in [-0.3, -0.25) is 9.59 Å². The number of para-hydroxylation sites is 1. The molecule has 0 fully saturated rings. The number of anilines is 1. The van der Waals surface area contributed by atoms with Gasteiger partial charge in [0, 0.05) is 28.6 Å². The summed E-state index contributed by atoms with van der Waals surface area (Å²) in [4.78, 5) is 26.4. The molecule has 0 bridgehead atoms. The lowest BCUT2D eigenvalue weighted by Gasteiger charge is -2.28. The molecule has 0 aromatic heterocycles. The highest BCUT2D eigenvalue weighted by Crippen LogP contribution is 2.28. The molecular weight excluding hydrogens is 330 g/mol. The number of carbonyl (C=O) groups is 2. The lowest BCUT2D eigenvalue weighted by molar-refractivity contribution is 0.0955. The molecule has 4 heteroatoms. The van der Waals surface area contributed by atoms with E-state index in [1.165, 1.54) is 0 Å². The van der Waals surface area contributed by atoms with E-state index in [4.69, 9.17) is 0 Å². The number of nitrogens with zero attached hydrogens (tertiary/aromatic N) is 1. The summed E-state index contributed by atoms with van der Waals surface area (Å²) in [5.74, 6) is 0.0344. The zero-order valence-corrected chi connectivity index (χ0v) is 13.2. The van der Waals surface area contributed by atoms with E-state index in [1.54, 1.807) is 17.0 Å². The van der Waals surface area contributed by atoms with E-state index in [9.17, 15) is 9.59 Å². The first-order valence-corrected chi connectivity index (χ1v) is 7.57. The van der Waals surface area contributed by atoms with Crippen LogP contribution in [-0.2, 0) is 0 Å². The molecule has 0 saturated carbocycles. The molecule has 1 aliphatic rings. The van der Waals surface area contributed by atoms with Crippen LogP contribution in [0.25, 0.3) is 0 Å². The minimum Gasteiger partial charge on any atom is -0.307 e. The SMILES string of the molecule is Cc1cc(C(=O)N2CCC(=O)c3ccccc32)ccc1Br. The monoisotopic (exact) mass is 343 g/mol. The summed E-state index contributed by atoms with van der Waals surface area (Å²) < 4.78 is 0.980. The molecule has 106 valence electrons. The summed E-state index contributed by atoms with van der Waals surface area (Å²) in [5.41, 5.74) is 2.99. The van der Waals surface area contributed by atoms with Gasteiger partial charge >= 0.3 is 0 Å². The van der Waals surface area contributed by atoms with E-state index in [0.29, 0.717) is 29.8 Å². The second kappa shape index (κ2) is 5.45. The summed E-state index contributed by atoms with van der Waals surface area (Å²) in [7, 11) is 0. The Kier molecular flexibility index (Phi) is 3.64. The van der Waals surface area contributed by atoms with Crippen molar-refractivity contribution in [2.45, 2.75) is 13.3 Å². The van der Waals surface area contributed by atoms with Gasteiger partial charge < -0.3 is 4.90 Å². The van der Waals surface area contributed by atoms with Crippen molar-refractivity contribution in [3.63, 3.8) is 0 Å². The summed E-state index contributed by atoms with van der Waals surface area (Å²) in [6.07, 6.45) is 0.373. The normalized spacial score (nSPS) is 14.0. The van der Waals surface area contributed by atoms with Gasteiger partial charge in [-0.05, 0) is 42.8 Å². The smallest absolute Gasteiger partial charge is 0.258 e. The van der Waals surface area contributed by atoms with Gasteiger partial charge in [-0.2, -0.15) is 0 Å². The Morgan fingerprint density at radius 2 is 1.95 bits per heavy atom. The number of hydrogen-bond donors (Lipinski definition) is 0. The fraction of sp³-hybridized carbons (Fsp3) is 0.176. The van der Waals surface area contributed by atoms with Gasteiger partial charge in [-0.25, -0.2) is 0 Å². The van der Waals surface area contributed by atoms with E-state index in [0.717, 1.165) is 10.0 Å². The van der Waals surface area contributed by atoms with Crippen LogP contribution in [-0.4, -0.2) is 18.2 Å². The topological polar surface area (TPSA) is 37.4 Å². The zero-order valence-electron chi connectivity index (χ0n) is 11.6. The molecule has 0 atom stereocenters. The van der Waals surface area contributed by atoms with Crippen molar-refractivity contribution >= 4 is 33.3 Å². The van der Waals surface area contributed by atoms with Gasteiger partial charge in [-0.1, -0.05) is 28.1 Å². The highest BCUT2D eigenvalue weighted by molar-refractivity contribution is 9.10. The number of rotatable bonds is 1. The lowest BCUT2D eigenvalue weighted by Crippen LogP contribution is -2.37. The molecule has 0 spiro atoms. The van der Waals surface area contributed by atoms with Gasteiger partial charge in [-0.15, -0.1) is 0 Å². The number of Topliss-reactive ketones (excluding diaryl/α,β-unsaturated/α-hetero) is 1. The number of halogens is 1. The van der Waals surface area contributed by atoms with Crippen LogP contribution in [0.15, 0.2) is 46.9 Å². The molecule has 0 saturated heterocycles. The first-order valence-electron chi connectivity index (χ1n) is 6.78. The van der Waals surface area contributed by atoms with Crippen LogP contribution in [0.3, 0.4) is 0 Å². The molecule has 1 amide bonds.